The molecule has 0 aliphatic carbocycles. The molecule has 0 radical (unpaired) electrons. The molecule has 4 nitrogen and oxygen atoms in total. The molecule has 0 spiro atoms. The highest BCUT2D eigenvalue weighted by Crippen LogP contribution is 2.27. The molecule has 0 bridgehead atoms. The fraction of sp³-hybridized carbons (Fsp3) is 0.357. The Hall–Kier alpha value is -1.50. The minimum atomic E-state index is -0.599. The van der Waals surface area contributed by atoms with Gasteiger partial charge in [0.25, 0.3) is 0 Å². The molecule has 0 aliphatic heterocycles. The topological polar surface area (TPSA) is 55.9 Å². The molecule has 1 heterocycles. The van der Waals surface area contributed by atoms with E-state index in [4.69, 9.17) is 17.4 Å². The minimum absolute atomic E-state index is 0.160. The van der Waals surface area contributed by atoms with Crippen LogP contribution in [0.3, 0.4) is 0 Å². The minimum Gasteiger partial charge on any atom is -0.271 e. The maximum absolute atomic E-state index is 13.9. The van der Waals surface area contributed by atoms with Crippen molar-refractivity contribution >= 4 is 11.6 Å². The van der Waals surface area contributed by atoms with Crippen molar-refractivity contribution in [1.82, 2.24) is 15.2 Å². The van der Waals surface area contributed by atoms with Crippen molar-refractivity contribution in [3.63, 3.8) is 0 Å². The van der Waals surface area contributed by atoms with Crippen LogP contribution in [0.2, 0.25) is 5.02 Å². The van der Waals surface area contributed by atoms with Crippen LogP contribution in [0.5, 0.6) is 0 Å². The second-order valence-electron chi connectivity index (χ2n) is 4.77. The molecule has 2 aromatic rings. The van der Waals surface area contributed by atoms with Gasteiger partial charge in [0.15, 0.2) is 0 Å². The highest BCUT2D eigenvalue weighted by molar-refractivity contribution is 6.31. The molecule has 1 aromatic heterocycles. The van der Waals surface area contributed by atoms with E-state index in [0.29, 0.717) is 17.9 Å². The van der Waals surface area contributed by atoms with Crippen LogP contribution in [0.15, 0.2) is 18.2 Å². The third-order valence-electron chi connectivity index (χ3n) is 3.44. The first-order valence-electron chi connectivity index (χ1n) is 6.59. The van der Waals surface area contributed by atoms with E-state index in [9.17, 15) is 8.78 Å². The lowest BCUT2D eigenvalue weighted by Crippen LogP contribution is -2.31. The van der Waals surface area contributed by atoms with Gasteiger partial charge in [-0.3, -0.25) is 16.0 Å². The number of benzene rings is 1. The van der Waals surface area contributed by atoms with Crippen molar-refractivity contribution in [1.29, 1.82) is 0 Å². The van der Waals surface area contributed by atoms with Gasteiger partial charge in [0.2, 0.25) is 0 Å². The fourth-order valence-corrected chi connectivity index (χ4v) is 2.65. The first kappa shape index (κ1) is 15.9. The number of aromatic nitrogens is 2. The van der Waals surface area contributed by atoms with E-state index in [1.807, 2.05) is 6.92 Å². The predicted octanol–water partition coefficient (Wildman–Crippen LogP) is 2.66. The lowest BCUT2D eigenvalue weighted by atomic mass is 10.0. The molecular formula is C14H17ClF2N4. The van der Waals surface area contributed by atoms with Crippen LogP contribution in [0.1, 0.15) is 29.9 Å². The highest BCUT2D eigenvalue weighted by atomic mass is 35.5. The average molecular weight is 315 g/mol. The molecule has 0 saturated heterocycles. The summed E-state index contributed by atoms with van der Waals surface area (Å²) in [7, 11) is 1.76. The van der Waals surface area contributed by atoms with Gasteiger partial charge < -0.3 is 0 Å². The molecule has 114 valence electrons. The summed E-state index contributed by atoms with van der Waals surface area (Å²) in [4.78, 5) is 0. The number of rotatable bonds is 5. The van der Waals surface area contributed by atoms with Gasteiger partial charge in [-0.15, -0.1) is 0 Å². The Morgan fingerprint density at radius 1 is 1.43 bits per heavy atom. The molecule has 1 aromatic carbocycles. The van der Waals surface area contributed by atoms with Crippen LogP contribution in [0.25, 0.3) is 0 Å². The Labute approximate surface area is 126 Å². The number of hydrazine groups is 1. The Bertz CT molecular complexity index is 642. The van der Waals surface area contributed by atoms with E-state index in [2.05, 4.69) is 10.5 Å². The third kappa shape index (κ3) is 3.23. The van der Waals surface area contributed by atoms with Gasteiger partial charge >= 0.3 is 0 Å². The summed E-state index contributed by atoms with van der Waals surface area (Å²) >= 11 is 6.27. The van der Waals surface area contributed by atoms with Crippen LogP contribution in [0, 0.1) is 11.6 Å². The Balaban J connectivity index is 2.36. The normalized spacial score (nSPS) is 12.7. The molecule has 1 atom stereocenters. The van der Waals surface area contributed by atoms with Gasteiger partial charge in [0.05, 0.1) is 22.5 Å². The maximum Gasteiger partial charge on any atom is 0.128 e. The second-order valence-corrected chi connectivity index (χ2v) is 5.15. The molecule has 0 aliphatic rings. The lowest BCUT2D eigenvalue weighted by molar-refractivity contribution is 0.491. The summed E-state index contributed by atoms with van der Waals surface area (Å²) in [5, 5.41) is 4.84. The first-order valence-corrected chi connectivity index (χ1v) is 6.97. The Morgan fingerprint density at radius 2 is 2.14 bits per heavy atom. The van der Waals surface area contributed by atoms with Crippen molar-refractivity contribution in [2.24, 2.45) is 12.9 Å². The molecular weight excluding hydrogens is 298 g/mol. The number of hydrogen-bond acceptors (Lipinski definition) is 3. The Morgan fingerprint density at radius 3 is 2.71 bits per heavy atom. The molecule has 0 amide bonds. The fourth-order valence-electron chi connectivity index (χ4n) is 2.28. The summed E-state index contributed by atoms with van der Waals surface area (Å²) in [6.07, 6.45) is 1.00. The zero-order valence-corrected chi connectivity index (χ0v) is 12.6. The molecule has 2 rings (SSSR count). The molecule has 0 saturated carbocycles. The van der Waals surface area contributed by atoms with Gasteiger partial charge in [0, 0.05) is 19.0 Å². The van der Waals surface area contributed by atoms with E-state index in [-0.39, 0.29) is 5.56 Å². The molecule has 21 heavy (non-hydrogen) atoms. The number of nitrogens with zero attached hydrogens (tertiary/aromatic N) is 2. The van der Waals surface area contributed by atoms with E-state index in [1.54, 1.807) is 11.7 Å². The van der Waals surface area contributed by atoms with E-state index >= 15 is 0 Å². The van der Waals surface area contributed by atoms with E-state index in [0.717, 1.165) is 29.6 Å². The third-order valence-corrected chi connectivity index (χ3v) is 3.87. The van der Waals surface area contributed by atoms with Crippen molar-refractivity contribution < 1.29 is 8.78 Å². The standard InChI is InChI=1S/C14H17ClF2N4/c1-3-11-14(15)13(21(2)20-11)7-12(19-18)9-6-8(16)4-5-10(9)17/h4-6,12,19H,3,7,18H2,1-2H3. The van der Waals surface area contributed by atoms with E-state index < -0.39 is 17.7 Å². The molecule has 3 N–H and O–H groups in total. The SMILES string of the molecule is CCc1nn(C)c(CC(NN)c2cc(F)ccc2F)c1Cl. The zero-order chi connectivity index (χ0) is 15.6. The number of halogens is 3. The summed E-state index contributed by atoms with van der Waals surface area (Å²) in [6, 6.07) is 2.68. The van der Waals surface area contributed by atoms with Crippen LogP contribution in [0.4, 0.5) is 8.78 Å². The van der Waals surface area contributed by atoms with Crippen molar-refractivity contribution in [3.05, 3.63) is 51.8 Å². The maximum atomic E-state index is 13.9. The van der Waals surface area contributed by atoms with E-state index in [1.165, 1.54) is 0 Å². The van der Waals surface area contributed by atoms with Gasteiger partial charge in [-0.1, -0.05) is 18.5 Å². The number of nitrogens with two attached hydrogens (primary N) is 1. The number of hydrogen-bond donors (Lipinski definition) is 2. The summed E-state index contributed by atoms with van der Waals surface area (Å²) in [5.74, 6) is 4.46. The van der Waals surface area contributed by atoms with Crippen molar-refractivity contribution in [2.45, 2.75) is 25.8 Å². The monoisotopic (exact) mass is 314 g/mol. The van der Waals surface area contributed by atoms with Crippen molar-refractivity contribution in [2.75, 3.05) is 0 Å². The summed E-state index contributed by atoms with van der Waals surface area (Å²) in [6.45, 7) is 1.95. The van der Waals surface area contributed by atoms with Gasteiger partial charge in [-0.25, -0.2) is 8.78 Å². The van der Waals surface area contributed by atoms with Crippen LogP contribution in [-0.2, 0) is 19.9 Å². The molecule has 7 heteroatoms. The van der Waals surface area contributed by atoms with Crippen LogP contribution < -0.4 is 11.3 Å². The zero-order valence-electron chi connectivity index (χ0n) is 11.8. The molecule has 1 unspecified atom stereocenters. The summed E-state index contributed by atoms with van der Waals surface area (Å²) in [5.41, 5.74) is 4.16. The Kier molecular flexibility index (Phi) is 4.92. The number of nitrogens with one attached hydrogen (secondary N) is 1. The highest BCUT2D eigenvalue weighted by Gasteiger charge is 2.21. The predicted molar refractivity (Wildman–Crippen MR) is 77.7 cm³/mol. The lowest BCUT2D eigenvalue weighted by Gasteiger charge is -2.17. The quantitative estimate of drug-likeness (QED) is 0.659. The van der Waals surface area contributed by atoms with Gasteiger partial charge in [-0.2, -0.15) is 5.10 Å². The van der Waals surface area contributed by atoms with Gasteiger partial charge in [0.1, 0.15) is 11.6 Å². The summed E-state index contributed by atoms with van der Waals surface area (Å²) < 4.78 is 28.8. The van der Waals surface area contributed by atoms with Crippen LogP contribution in [-0.4, -0.2) is 9.78 Å². The van der Waals surface area contributed by atoms with Gasteiger partial charge in [-0.05, 0) is 24.6 Å². The average Bonchev–Trinajstić information content (AvgIpc) is 2.74. The number of aryl methyl sites for hydroxylation is 2. The first-order chi connectivity index (χ1) is 9.97. The second kappa shape index (κ2) is 6.51. The van der Waals surface area contributed by atoms with Crippen LogP contribution >= 0.6 is 11.6 Å². The van der Waals surface area contributed by atoms with Crippen molar-refractivity contribution in [3.8, 4) is 0 Å². The smallest absolute Gasteiger partial charge is 0.128 e. The largest absolute Gasteiger partial charge is 0.271 e. The molecule has 0 fully saturated rings.